The van der Waals surface area contributed by atoms with Crippen LogP contribution in [-0.4, -0.2) is 15.9 Å². The second kappa shape index (κ2) is 8.10. The van der Waals surface area contributed by atoms with E-state index in [0.29, 0.717) is 40.1 Å². The molecule has 1 amide bonds. The van der Waals surface area contributed by atoms with Gasteiger partial charge in [-0.2, -0.15) is 0 Å². The quantitative estimate of drug-likeness (QED) is 0.484. The summed E-state index contributed by atoms with van der Waals surface area (Å²) in [6.07, 6.45) is 3.98. The van der Waals surface area contributed by atoms with Crippen LogP contribution in [0.5, 0.6) is 11.5 Å². The molecule has 0 saturated carbocycles. The lowest BCUT2D eigenvalue weighted by molar-refractivity contribution is -0.116. The predicted molar refractivity (Wildman–Crippen MR) is 107 cm³/mol. The summed E-state index contributed by atoms with van der Waals surface area (Å²) in [6, 6.07) is 16.0. The molecular formula is C21H16ClN3O3. The van der Waals surface area contributed by atoms with E-state index < -0.39 is 0 Å². The minimum absolute atomic E-state index is 0.124. The molecule has 2 aromatic carbocycles. The van der Waals surface area contributed by atoms with Gasteiger partial charge in [-0.05, 0) is 48.5 Å². The zero-order valence-corrected chi connectivity index (χ0v) is 15.5. The lowest BCUT2D eigenvalue weighted by atomic mass is 10.2. The van der Waals surface area contributed by atoms with Crippen LogP contribution in [0.2, 0.25) is 5.02 Å². The van der Waals surface area contributed by atoms with E-state index in [1.165, 1.54) is 0 Å². The maximum Gasteiger partial charge on any atom is 0.224 e. The van der Waals surface area contributed by atoms with Crippen molar-refractivity contribution >= 4 is 34.3 Å². The Labute approximate surface area is 166 Å². The largest absolute Gasteiger partial charge is 0.456 e. The normalized spacial score (nSPS) is 10.8. The van der Waals surface area contributed by atoms with Crippen molar-refractivity contribution in [2.45, 2.75) is 12.8 Å². The van der Waals surface area contributed by atoms with Gasteiger partial charge in [-0.3, -0.25) is 9.78 Å². The Kier molecular flexibility index (Phi) is 5.21. The molecule has 4 aromatic rings. The van der Waals surface area contributed by atoms with Crippen LogP contribution in [0, 0.1) is 0 Å². The Hall–Kier alpha value is -3.38. The number of nitrogens with one attached hydrogen (secondary N) is 1. The van der Waals surface area contributed by atoms with Gasteiger partial charge < -0.3 is 14.5 Å². The first-order valence-corrected chi connectivity index (χ1v) is 9.06. The molecule has 2 aromatic heterocycles. The summed E-state index contributed by atoms with van der Waals surface area (Å²) in [4.78, 5) is 20.5. The Morgan fingerprint density at radius 3 is 2.75 bits per heavy atom. The van der Waals surface area contributed by atoms with Crippen molar-refractivity contribution in [3.63, 3.8) is 0 Å². The topological polar surface area (TPSA) is 77.2 Å². The number of aromatic nitrogens is 2. The standard InChI is InChI=1S/C21H16ClN3O3/c22-14-3-8-18-19(12-14)28-21(25-18)10-9-20(26)24-15-4-6-16(7-5-15)27-17-2-1-11-23-13-17/h1-8,11-13H,9-10H2,(H,24,26). The Morgan fingerprint density at radius 1 is 1.11 bits per heavy atom. The van der Waals surface area contributed by atoms with E-state index >= 15 is 0 Å². The maximum atomic E-state index is 12.2. The number of halogens is 1. The third-order valence-electron chi connectivity index (χ3n) is 3.97. The second-order valence-corrected chi connectivity index (χ2v) is 6.52. The molecule has 0 aliphatic rings. The first-order chi connectivity index (χ1) is 13.7. The van der Waals surface area contributed by atoms with Crippen LogP contribution in [0.4, 0.5) is 5.69 Å². The van der Waals surface area contributed by atoms with Gasteiger partial charge in [-0.15, -0.1) is 0 Å². The Bertz CT molecular complexity index is 1100. The van der Waals surface area contributed by atoms with Gasteiger partial charge in [0, 0.05) is 35.8 Å². The molecule has 0 bridgehead atoms. The molecule has 0 aliphatic carbocycles. The third kappa shape index (κ3) is 4.47. The molecule has 0 atom stereocenters. The number of hydrogen-bond acceptors (Lipinski definition) is 5. The third-order valence-corrected chi connectivity index (χ3v) is 4.20. The summed E-state index contributed by atoms with van der Waals surface area (Å²) in [7, 11) is 0. The summed E-state index contributed by atoms with van der Waals surface area (Å²) < 4.78 is 11.3. The monoisotopic (exact) mass is 393 g/mol. The number of aryl methyl sites for hydroxylation is 1. The summed E-state index contributed by atoms with van der Waals surface area (Å²) in [5.41, 5.74) is 2.03. The molecular weight excluding hydrogens is 378 g/mol. The molecule has 0 radical (unpaired) electrons. The molecule has 6 nitrogen and oxygen atoms in total. The number of carbonyl (C=O) groups is 1. The zero-order valence-electron chi connectivity index (χ0n) is 14.8. The summed E-state index contributed by atoms with van der Waals surface area (Å²) in [5.74, 6) is 1.70. The van der Waals surface area contributed by atoms with Crippen LogP contribution < -0.4 is 10.1 Å². The predicted octanol–water partition coefficient (Wildman–Crippen LogP) is 5.24. The van der Waals surface area contributed by atoms with Gasteiger partial charge in [-0.25, -0.2) is 4.98 Å². The Balaban J connectivity index is 1.31. The molecule has 7 heteroatoms. The van der Waals surface area contributed by atoms with E-state index in [0.717, 1.165) is 5.52 Å². The molecule has 1 N–H and O–H groups in total. The van der Waals surface area contributed by atoms with Gasteiger partial charge in [0.1, 0.15) is 17.0 Å². The summed E-state index contributed by atoms with van der Waals surface area (Å²) in [5, 5.41) is 3.44. The number of fused-ring (bicyclic) bond motifs is 1. The molecule has 140 valence electrons. The highest BCUT2D eigenvalue weighted by molar-refractivity contribution is 6.31. The summed E-state index contributed by atoms with van der Waals surface area (Å²) >= 11 is 5.94. The molecule has 0 unspecified atom stereocenters. The number of oxazole rings is 1. The van der Waals surface area contributed by atoms with Gasteiger partial charge >= 0.3 is 0 Å². The first-order valence-electron chi connectivity index (χ1n) is 8.68. The number of benzene rings is 2. The fraction of sp³-hybridized carbons (Fsp3) is 0.0952. The van der Waals surface area contributed by atoms with E-state index in [1.807, 2.05) is 6.07 Å². The van der Waals surface area contributed by atoms with Crippen LogP contribution in [0.3, 0.4) is 0 Å². The number of carbonyl (C=O) groups excluding carboxylic acids is 1. The average Bonchev–Trinajstić information content (AvgIpc) is 3.11. The number of rotatable bonds is 6. The van der Waals surface area contributed by atoms with Crippen LogP contribution in [0.15, 0.2) is 71.4 Å². The highest BCUT2D eigenvalue weighted by Gasteiger charge is 2.09. The number of hydrogen-bond donors (Lipinski definition) is 1. The van der Waals surface area contributed by atoms with Crippen molar-refractivity contribution in [1.82, 2.24) is 9.97 Å². The SMILES string of the molecule is O=C(CCc1nc2ccc(Cl)cc2o1)Nc1ccc(Oc2cccnc2)cc1. The van der Waals surface area contributed by atoms with Crippen LogP contribution >= 0.6 is 11.6 Å². The minimum atomic E-state index is -0.124. The van der Waals surface area contributed by atoms with Gasteiger partial charge in [0.2, 0.25) is 5.91 Å². The van der Waals surface area contributed by atoms with Gasteiger partial charge in [0.15, 0.2) is 11.5 Å². The molecule has 0 aliphatic heterocycles. The zero-order chi connectivity index (χ0) is 19.3. The molecule has 0 spiro atoms. The number of ether oxygens (including phenoxy) is 1. The van der Waals surface area contributed by atoms with E-state index in [1.54, 1.807) is 60.9 Å². The number of pyridine rings is 1. The van der Waals surface area contributed by atoms with Crippen molar-refractivity contribution in [2.75, 3.05) is 5.32 Å². The fourth-order valence-electron chi connectivity index (χ4n) is 2.65. The van der Waals surface area contributed by atoms with Crippen molar-refractivity contribution in [3.05, 3.63) is 77.9 Å². The molecule has 4 rings (SSSR count). The fourth-order valence-corrected chi connectivity index (χ4v) is 2.81. The van der Waals surface area contributed by atoms with E-state index in [-0.39, 0.29) is 12.3 Å². The minimum Gasteiger partial charge on any atom is -0.456 e. The van der Waals surface area contributed by atoms with Crippen molar-refractivity contribution < 1.29 is 13.9 Å². The van der Waals surface area contributed by atoms with Crippen molar-refractivity contribution in [1.29, 1.82) is 0 Å². The first kappa shape index (κ1) is 18.0. The maximum absolute atomic E-state index is 12.2. The lowest BCUT2D eigenvalue weighted by Crippen LogP contribution is -2.12. The van der Waals surface area contributed by atoms with E-state index in [2.05, 4.69) is 15.3 Å². The lowest BCUT2D eigenvalue weighted by Gasteiger charge is -2.07. The summed E-state index contributed by atoms with van der Waals surface area (Å²) in [6.45, 7) is 0. The number of anilines is 1. The van der Waals surface area contributed by atoms with Crippen LogP contribution in [0.25, 0.3) is 11.1 Å². The molecule has 0 saturated heterocycles. The van der Waals surface area contributed by atoms with Crippen LogP contribution in [-0.2, 0) is 11.2 Å². The number of amides is 1. The Morgan fingerprint density at radius 2 is 1.96 bits per heavy atom. The van der Waals surface area contributed by atoms with E-state index in [9.17, 15) is 4.79 Å². The van der Waals surface area contributed by atoms with Gasteiger partial charge in [0.25, 0.3) is 0 Å². The van der Waals surface area contributed by atoms with Gasteiger partial charge in [0.05, 0.1) is 6.20 Å². The average molecular weight is 394 g/mol. The van der Waals surface area contributed by atoms with E-state index in [4.69, 9.17) is 20.8 Å². The van der Waals surface area contributed by atoms with Crippen molar-refractivity contribution in [2.24, 2.45) is 0 Å². The van der Waals surface area contributed by atoms with Crippen molar-refractivity contribution in [3.8, 4) is 11.5 Å². The second-order valence-electron chi connectivity index (χ2n) is 6.08. The highest BCUT2D eigenvalue weighted by atomic mass is 35.5. The molecule has 0 fully saturated rings. The molecule has 2 heterocycles. The number of nitrogens with zero attached hydrogens (tertiary/aromatic N) is 2. The molecule has 28 heavy (non-hydrogen) atoms. The van der Waals surface area contributed by atoms with Crippen LogP contribution in [0.1, 0.15) is 12.3 Å². The van der Waals surface area contributed by atoms with Gasteiger partial charge in [-0.1, -0.05) is 11.6 Å². The highest BCUT2D eigenvalue weighted by Crippen LogP contribution is 2.23. The smallest absolute Gasteiger partial charge is 0.224 e.